The molecule has 194 valence electrons. The highest BCUT2D eigenvalue weighted by Crippen LogP contribution is 2.66. The van der Waals surface area contributed by atoms with Crippen LogP contribution in [0.3, 0.4) is 0 Å². The molecule has 6 heteroatoms. The number of hydrogen-bond acceptors (Lipinski definition) is 6. The van der Waals surface area contributed by atoms with Gasteiger partial charge in [0.15, 0.2) is 0 Å². The van der Waals surface area contributed by atoms with Gasteiger partial charge in [-0.3, -0.25) is 4.79 Å². The van der Waals surface area contributed by atoms with E-state index in [9.17, 15) is 4.79 Å². The molecule has 1 heterocycles. The van der Waals surface area contributed by atoms with Crippen LogP contribution < -0.4 is 5.32 Å². The van der Waals surface area contributed by atoms with Crippen molar-refractivity contribution >= 4 is 17.2 Å². The van der Waals surface area contributed by atoms with Gasteiger partial charge in [-0.25, -0.2) is 0 Å². The minimum absolute atomic E-state index is 0.0850. The highest BCUT2D eigenvalue weighted by atomic mass is 16.6. The third kappa shape index (κ3) is 3.74. The first-order chi connectivity index (χ1) is 17.5. The molecule has 0 amide bonds. The van der Waals surface area contributed by atoms with E-state index in [4.69, 9.17) is 20.0 Å². The first-order valence-corrected chi connectivity index (χ1v) is 14.1. The predicted molar refractivity (Wildman–Crippen MR) is 141 cm³/mol. The molecule has 5 aliphatic rings. The van der Waals surface area contributed by atoms with Gasteiger partial charge in [0.25, 0.3) is 0 Å². The number of carbonyl (C=O) groups excluding carboxylic acids is 1. The lowest BCUT2D eigenvalue weighted by Crippen LogP contribution is -2.58. The van der Waals surface area contributed by atoms with Crippen molar-refractivity contribution in [3.8, 4) is 0 Å². The van der Waals surface area contributed by atoms with Gasteiger partial charge in [0, 0.05) is 36.6 Å². The maximum Gasteiger partial charge on any atom is 0.141 e. The molecule has 0 radical (unpaired) electrons. The maximum atomic E-state index is 12.9. The van der Waals surface area contributed by atoms with Crippen LogP contribution in [0.5, 0.6) is 0 Å². The Morgan fingerprint density at radius 2 is 1.81 bits per heavy atom. The zero-order valence-electron chi connectivity index (χ0n) is 22.0. The second kappa shape index (κ2) is 9.27. The summed E-state index contributed by atoms with van der Waals surface area (Å²) in [4.78, 5) is 24.6. The molecule has 1 aromatic rings. The molecule has 4 saturated carbocycles. The second-order valence-corrected chi connectivity index (χ2v) is 12.4. The fraction of sp³-hybridized carbons (Fsp3) is 0.700. The van der Waals surface area contributed by atoms with E-state index in [0.29, 0.717) is 23.5 Å². The van der Waals surface area contributed by atoms with Gasteiger partial charge in [0.05, 0.1) is 11.4 Å². The highest BCUT2D eigenvalue weighted by Gasteiger charge is 2.63. The van der Waals surface area contributed by atoms with Crippen molar-refractivity contribution in [2.45, 2.75) is 77.2 Å². The Kier molecular flexibility index (Phi) is 6.22. The van der Waals surface area contributed by atoms with Gasteiger partial charge in [0.1, 0.15) is 19.0 Å². The predicted octanol–water partition coefficient (Wildman–Crippen LogP) is 5.34. The maximum absolute atomic E-state index is 12.9. The van der Waals surface area contributed by atoms with Crippen molar-refractivity contribution in [3.05, 3.63) is 35.9 Å². The number of nitrogens with zero attached hydrogens (tertiary/aromatic N) is 2. The largest absolute Gasteiger partial charge is 0.399 e. The smallest absolute Gasteiger partial charge is 0.141 e. The molecule has 1 aromatic carbocycles. The summed E-state index contributed by atoms with van der Waals surface area (Å²) in [5, 5.41) is 13.0. The fourth-order valence-corrected chi connectivity index (χ4v) is 9.02. The van der Waals surface area contributed by atoms with Crippen LogP contribution in [-0.4, -0.2) is 43.5 Å². The third-order valence-electron chi connectivity index (χ3n) is 10.8. The minimum atomic E-state index is -0.147. The van der Waals surface area contributed by atoms with Crippen LogP contribution in [0.15, 0.2) is 40.6 Å². The van der Waals surface area contributed by atoms with Crippen molar-refractivity contribution in [3.63, 3.8) is 0 Å². The number of fused-ring (bicyclic) bond motifs is 5. The summed E-state index contributed by atoms with van der Waals surface area (Å²) in [6, 6.07) is 10.8. The van der Waals surface area contributed by atoms with Gasteiger partial charge in [-0.05, 0) is 73.8 Å². The van der Waals surface area contributed by atoms with E-state index < -0.39 is 0 Å². The van der Waals surface area contributed by atoms with Gasteiger partial charge >= 0.3 is 0 Å². The molecule has 1 aliphatic heterocycles. The van der Waals surface area contributed by atoms with E-state index in [2.05, 4.69) is 49.5 Å². The molecule has 0 aromatic heterocycles. The number of ketones is 1. The molecule has 1 saturated heterocycles. The van der Waals surface area contributed by atoms with E-state index in [-0.39, 0.29) is 28.8 Å². The van der Waals surface area contributed by atoms with E-state index in [1.54, 1.807) is 7.11 Å². The molecule has 6 rings (SSSR count). The topological polar surface area (TPSA) is 72.3 Å². The lowest BCUT2D eigenvalue weighted by molar-refractivity contribution is -0.133. The van der Waals surface area contributed by atoms with Crippen molar-refractivity contribution < 1.29 is 14.5 Å². The van der Waals surface area contributed by atoms with Gasteiger partial charge in [-0.2, -0.15) is 0 Å². The number of rotatable bonds is 4. The molecule has 6 unspecified atom stereocenters. The van der Waals surface area contributed by atoms with Gasteiger partial charge in [0.2, 0.25) is 0 Å². The zero-order chi connectivity index (χ0) is 24.9. The van der Waals surface area contributed by atoms with Crippen molar-refractivity contribution in [1.29, 1.82) is 0 Å². The number of carbonyl (C=O) groups is 1. The van der Waals surface area contributed by atoms with Crippen molar-refractivity contribution in [1.82, 2.24) is 5.32 Å². The van der Waals surface area contributed by atoms with Gasteiger partial charge in [-0.1, -0.05) is 54.5 Å². The summed E-state index contributed by atoms with van der Waals surface area (Å²) in [6.07, 6.45) is 8.06. The standard InChI is InChI=1S/C30H41N3O3/c1-29-14-11-23-21(22(29)9-10-26(29)34)17-25(32-35-3)28-27(19-7-5-4-6-8-19)24(12-15-30(23,28)2)33-36-20-13-16-31-18-20/h4-8,20-23,27-28,31H,9-18H2,1-3H3/b32-25+,33-24+/t20?,21?,22?,23?,27?,28?,29-,30+/m0/s1. The minimum Gasteiger partial charge on any atom is -0.399 e. The van der Waals surface area contributed by atoms with Crippen LogP contribution in [0.2, 0.25) is 0 Å². The molecular formula is C30H41N3O3. The molecule has 6 nitrogen and oxygen atoms in total. The summed E-state index contributed by atoms with van der Waals surface area (Å²) in [7, 11) is 1.67. The first kappa shape index (κ1) is 24.1. The molecule has 4 aliphatic carbocycles. The average Bonchev–Trinajstić information content (AvgIpc) is 3.51. The Morgan fingerprint density at radius 3 is 2.56 bits per heavy atom. The monoisotopic (exact) mass is 491 g/mol. The fourth-order valence-electron chi connectivity index (χ4n) is 9.02. The van der Waals surface area contributed by atoms with Crippen LogP contribution in [0.25, 0.3) is 0 Å². The Morgan fingerprint density at radius 1 is 0.972 bits per heavy atom. The molecule has 36 heavy (non-hydrogen) atoms. The van der Waals surface area contributed by atoms with E-state index in [0.717, 1.165) is 75.9 Å². The van der Waals surface area contributed by atoms with E-state index in [1.807, 2.05) is 0 Å². The van der Waals surface area contributed by atoms with Crippen LogP contribution in [0.1, 0.15) is 76.7 Å². The first-order valence-electron chi connectivity index (χ1n) is 14.1. The number of oxime groups is 2. The van der Waals surface area contributed by atoms with Crippen LogP contribution in [-0.2, 0) is 14.5 Å². The van der Waals surface area contributed by atoms with Gasteiger partial charge in [-0.15, -0.1) is 0 Å². The van der Waals surface area contributed by atoms with Crippen LogP contribution in [0.4, 0.5) is 0 Å². The summed E-state index contributed by atoms with van der Waals surface area (Å²) in [5.41, 5.74) is 3.54. The van der Waals surface area contributed by atoms with Crippen molar-refractivity contribution in [2.75, 3.05) is 20.2 Å². The molecule has 1 N–H and O–H groups in total. The number of benzene rings is 1. The Balaban J connectivity index is 1.41. The molecule has 0 bridgehead atoms. The highest BCUT2D eigenvalue weighted by molar-refractivity contribution is 6.00. The Hall–Kier alpha value is -2.21. The molecule has 0 spiro atoms. The van der Waals surface area contributed by atoms with Crippen molar-refractivity contribution in [2.24, 2.45) is 44.8 Å². The van der Waals surface area contributed by atoms with Crippen LogP contribution in [0, 0.1) is 34.5 Å². The number of Topliss-reactive ketones (excluding diaryl/α,β-unsaturated/α-hetero) is 1. The van der Waals surface area contributed by atoms with Crippen LogP contribution >= 0.6 is 0 Å². The summed E-state index contributed by atoms with van der Waals surface area (Å²) in [5.74, 6) is 2.40. The molecular weight excluding hydrogens is 450 g/mol. The lowest BCUT2D eigenvalue weighted by Gasteiger charge is -2.61. The second-order valence-electron chi connectivity index (χ2n) is 12.4. The number of hydrogen-bond donors (Lipinski definition) is 1. The summed E-state index contributed by atoms with van der Waals surface area (Å²) in [6.45, 7) is 6.62. The SMILES string of the molecule is CO/N=C1\CC2C(CC[C@]3(C)C(=O)CCC23)[C@@]2(C)CC/C(=N\OC3CCNC3)C(c3ccccc3)C12. The Labute approximate surface area is 215 Å². The number of nitrogens with one attached hydrogen (secondary N) is 1. The normalized spacial score (nSPS) is 44.2. The van der Waals surface area contributed by atoms with Gasteiger partial charge < -0.3 is 15.0 Å². The lowest BCUT2D eigenvalue weighted by atomic mass is 9.43. The zero-order valence-corrected chi connectivity index (χ0v) is 22.0. The van der Waals surface area contributed by atoms with E-state index in [1.165, 1.54) is 5.56 Å². The molecule has 8 atom stereocenters. The third-order valence-corrected chi connectivity index (χ3v) is 10.8. The summed E-state index contributed by atoms with van der Waals surface area (Å²) < 4.78 is 0. The quantitative estimate of drug-likeness (QED) is 0.577. The summed E-state index contributed by atoms with van der Waals surface area (Å²) >= 11 is 0. The molecule has 5 fully saturated rings. The average molecular weight is 492 g/mol. The Bertz CT molecular complexity index is 1050. The van der Waals surface area contributed by atoms with E-state index >= 15 is 0 Å².